The SMILES string of the molecule is CON=CC(=O)N(c1nc(N)n(-c2ccccc2)n1)C1S[C@H]2CC(=O)N2C(C(=O)O)=C1C[n+]1ccc(C(N)=O)cc1. The minimum Gasteiger partial charge on any atom is -0.477 e. The predicted octanol–water partition coefficient (Wildman–Crippen LogP) is -0.129. The molecule has 2 aliphatic rings. The number of carbonyl (C=O) groups is 4. The van der Waals surface area contributed by atoms with Gasteiger partial charge in [0, 0.05) is 12.1 Å². The molecule has 1 unspecified atom stereocenters. The zero-order chi connectivity index (χ0) is 29.3. The van der Waals surface area contributed by atoms with Crippen molar-refractivity contribution in [1.82, 2.24) is 19.7 Å². The van der Waals surface area contributed by atoms with E-state index in [0.717, 1.165) is 6.21 Å². The van der Waals surface area contributed by atoms with E-state index < -0.39 is 28.5 Å². The van der Waals surface area contributed by atoms with Gasteiger partial charge in [0.05, 0.1) is 28.6 Å². The standard InChI is InChI=1S/C25H23N9O6S/c1-40-28-12-18(36)33(25-29-24(27)34(30-25)15-5-3-2-4-6-15)22-16(13-31-9-7-14(8-10-31)21(26)37)20(23(38)39)32-17(35)11-19(32)41-22/h2-10,12,19,22H,11,13H2,1H3,(H4-,26,27,29,30,37,38,39)/p+1/t19-,22?/m0/s1. The lowest BCUT2D eigenvalue weighted by molar-refractivity contribution is -0.689. The Bertz CT molecular complexity index is 1590. The minimum atomic E-state index is -1.35. The van der Waals surface area contributed by atoms with Gasteiger partial charge in [0.1, 0.15) is 24.4 Å². The third kappa shape index (κ3) is 5.19. The fourth-order valence-electron chi connectivity index (χ4n) is 4.45. The number of anilines is 2. The molecule has 41 heavy (non-hydrogen) atoms. The second-order valence-corrected chi connectivity index (χ2v) is 10.1. The first kappa shape index (κ1) is 27.3. The van der Waals surface area contributed by atoms with Crippen molar-refractivity contribution in [3.8, 4) is 5.69 Å². The second kappa shape index (κ2) is 11.1. The number of amides is 3. The van der Waals surface area contributed by atoms with Gasteiger partial charge in [-0.25, -0.2) is 9.36 Å². The number of rotatable bonds is 9. The van der Waals surface area contributed by atoms with E-state index >= 15 is 0 Å². The molecule has 2 aliphatic heterocycles. The van der Waals surface area contributed by atoms with Crippen molar-refractivity contribution in [2.75, 3.05) is 17.7 Å². The summed E-state index contributed by atoms with van der Waals surface area (Å²) in [5.74, 6) is -3.20. The van der Waals surface area contributed by atoms with Crippen LogP contribution in [-0.4, -0.2) is 72.5 Å². The molecular weight excluding hydrogens is 554 g/mol. The maximum Gasteiger partial charge on any atom is 0.352 e. The fourth-order valence-corrected chi connectivity index (χ4v) is 6.01. The van der Waals surface area contributed by atoms with Crippen LogP contribution in [-0.2, 0) is 25.8 Å². The third-order valence-corrected chi connectivity index (χ3v) is 7.79. The number of carbonyl (C=O) groups excluding carboxylic acids is 3. The molecule has 15 nitrogen and oxygen atoms in total. The van der Waals surface area contributed by atoms with E-state index in [-0.39, 0.29) is 47.6 Å². The number of oxime groups is 1. The van der Waals surface area contributed by atoms with Gasteiger partial charge in [0.15, 0.2) is 18.9 Å². The van der Waals surface area contributed by atoms with E-state index in [9.17, 15) is 24.3 Å². The van der Waals surface area contributed by atoms with Gasteiger partial charge in [0.2, 0.25) is 17.8 Å². The average molecular weight is 579 g/mol. The molecular formula is C25H24N9O6S+. The Balaban J connectivity index is 1.65. The Morgan fingerprint density at radius 1 is 1.24 bits per heavy atom. The number of para-hydroxylation sites is 1. The smallest absolute Gasteiger partial charge is 0.352 e. The van der Waals surface area contributed by atoms with E-state index in [4.69, 9.17) is 16.3 Å². The summed E-state index contributed by atoms with van der Waals surface area (Å²) in [6, 6.07) is 11.8. The molecule has 16 heteroatoms. The monoisotopic (exact) mass is 578 g/mol. The number of pyridine rings is 1. The first-order valence-corrected chi connectivity index (χ1v) is 13.0. The Labute approximate surface area is 236 Å². The predicted molar refractivity (Wildman–Crippen MR) is 145 cm³/mol. The van der Waals surface area contributed by atoms with E-state index in [1.165, 1.54) is 57.9 Å². The molecule has 3 amide bonds. The number of aromatic nitrogens is 4. The van der Waals surface area contributed by atoms with Gasteiger partial charge in [-0.3, -0.25) is 24.2 Å². The lowest BCUT2D eigenvalue weighted by Crippen LogP contribution is -2.59. The molecule has 5 N–H and O–H groups in total. The van der Waals surface area contributed by atoms with Crippen LogP contribution in [0.25, 0.3) is 5.69 Å². The summed E-state index contributed by atoms with van der Waals surface area (Å²) in [7, 11) is 1.27. The van der Waals surface area contributed by atoms with E-state index in [1.807, 2.05) is 6.07 Å². The molecule has 3 aromatic rings. The van der Waals surface area contributed by atoms with Gasteiger partial charge in [0.25, 0.3) is 11.9 Å². The number of benzene rings is 1. The second-order valence-electron chi connectivity index (χ2n) is 8.86. The highest BCUT2D eigenvalue weighted by Crippen LogP contribution is 2.46. The van der Waals surface area contributed by atoms with Crippen molar-refractivity contribution < 1.29 is 33.7 Å². The van der Waals surface area contributed by atoms with Crippen LogP contribution in [0.2, 0.25) is 0 Å². The molecule has 0 aliphatic carbocycles. The summed E-state index contributed by atoms with van der Waals surface area (Å²) in [6.07, 6.45) is 4.06. The highest BCUT2D eigenvalue weighted by molar-refractivity contribution is 8.01. The highest BCUT2D eigenvalue weighted by Gasteiger charge is 2.52. The zero-order valence-electron chi connectivity index (χ0n) is 21.5. The van der Waals surface area contributed by atoms with E-state index in [2.05, 4.69) is 15.2 Å². The fraction of sp³-hybridized carbons (Fsp3) is 0.200. The van der Waals surface area contributed by atoms with Crippen molar-refractivity contribution >= 4 is 53.6 Å². The maximum atomic E-state index is 13.6. The quantitative estimate of drug-likeness (QED) is 0.133. The Morgan fingerprint density at radius 3 is 2.56 bits per heavy atom. The van der Waals surface area contributed by atoms with Crippen molar-refractivity contribution in [1.29, 1.82) is 0 Å². The number of aliphatic carboxylic acids is 1. The van der Waals surface area contributed by atoms with Crippen LogP contribution in [0.1, 0.15) is 16.8 Å². The molecule has 5 rings (SSSR count). The first-order valence-electron chi connectivity index (χ1n) is 12.1. The summed E-state index contributed by atoms with van der Waals surface area (Å²) in [6.45, 7) is -0.0745. The maximum absolute atomic E-state index is 13.6. The van der Waals surface area contributed by atoms with Gasteiger partial charge >= 0.3 is 5.97 Å². The molecule has 0 radical (unpaired) electrons. The number of β-lactam (4-membered cyclic amide) rings is 1. The largest absolute Gasteiger partial charge is 0.477 e. The van der Waals surface area contributed by atoms with E-state index in [0.29, 0.717) is 5.69 Å². The molecule has 0 bridgehead atoms. The number of nitrogens with zero attached hydrogens (tertiary/aromatic N) is 7. The molecule has 2 atom stereocenters. The summed E-state index contributed by atoms with van der Waals surface area (Å²) in [5.41, 5.74) is 12.3. The van der Waals surface area contributed by atoms with Crippen LogP contribution in [0.3, 0.4) is 0 Å². The van der Waals surface area contributed by atoms with Gasteiger partial charge in [-0.05, 0) is 12.1 Å². The minimum absolute atomic E-state index is 0.0191. The van der Waals surface area contributed by atoms with Gasteiger partial charge in [-0.2, -0.15) is 9.67 Å². The Morgan fingerprint density at radius 2 is 1.95 bits per heavy atom. The summed E-state index contributed by atoms with van der Waals surface area (Å²) in [5, 5.41) is 16.8. The lowest BCUT2D eigenvalue weighted by Gasteiger charge is -2.47. The van der Waals surface area contributed by atoms with Crippen LogP contribution in [0.4, 0.5) is 11.9 Å². The topological polar surface area (TPSA) is 203 Å². The molecule has 2 aromatic heterocycles. The zero-order valence-corrected chi connectivity index (χ0v) is 22.3. The highest BCUT2D eigenvalue weighted by atomic mass is 32.2. The number of carboxylic acid groups (broad SMARTS) is 1. The molecule has 4 heterocycles. The van der Waals surface area contributed by atoms with Crippen LogP contribution >= 0.6 is 11.8 Å². The number of fused-ring (bicyclic) bond motifs is 1. The van der Waals surface area contributed by atoms with Crippen LogP contribution in [0, 0.1) is 0 Å². The molecule has 1 aromatic carbocycles. The van der Waals surface area contributed by atoms with Crippen molar-refractivity contribution in [3.05, 3.63) is 71.7 Å². The number of thioether (sulfide) groups is 1. The van der Waals surface area contributed by atoms with Gasteiger partial charge in [-0.15, -0.1) is 16.9 Å². The van der Waals surface area contributed by atoms with Gasteiger partial charge < -0.3 is 21.4 Å². The van der Waals surface area contributed by atoms with Crippen LogP contribution in [0.5, 0.6) is 0 Å². The Kier molecular flexibility index (Phi) is 7.39. The first-order chi connectivity index (χ1) is 19.7. The average Bonchev–Trinajstić information content (AvgIpc) is 3.33. The van der Waals surface area contributed by atoms with Crippen molar-refractivity contribution in [2.24, 2.45) is 10.9 Å². The summed E-state index contributed by atoms with van der Waals surface area (Å²) in [4.78, 5) is 61.6. The molecule has 0 spiro atoms. The lowest BCUT2D eigenvalue weighted by atomic mass is 10.1. The number of carboxylic acids is 1. The molecule has 210 valence electrons. The number of hydrogen-bond donors (Lipinski definition) is 3. The third-order valence-electron chi connectivity index (χ3n) is 6.34. The number of nitrogen functional groups attached to an aromatic ring is 1. The molecule has 1 saturated heterocycles. The normalized spacial score (nSPS) is 18.2. The molecule has 0 saturated carbocycles. The Hall–Kier alpha value is -5.25. The number of primary amides is 1. The van der Waals surface area contributed by atoms with Crippen LogP contribution in [0.15, 0.2) is 71.3 Å². The summed E-state index contributed by atoms with van der Waals surface area (Å²) < 4.78 is 2.94. The van der Waals surface area contributed by atoms with Crippen LogP contribution < -0.4 is 20.9 Å². The van der Waals surface area contributed by atoms with Crippen molar-refractivity contribution in [3.63, 3.8) is 0 Å². The van der Waals surface area contributed by atoms with E-state index in [1.54, 1.807) is 28.8 Å². The van der Waals surface area contributed by atoms with Crippen molar-refractivity contribution in [2.45, 2.75) is 23.7 Å². The molecule has 1 fully saturated rings. The number of nitrogens with two attached hydrogens (primary N) is 2. The number of hydrogen-bond acceptors (Lipinski definition) is 10. The van der Waals surface area contributed by atoms with Gasteiger partial charge in [-0.1, -0.05) is 23.4 Å². The summed E-state index contributed by atoms with van der Waals surface area (Å²) >= 11 is 1.19.